The Balaban J connectivity index is 2.35. The van der Waals surface area contributed by atoms with E-state index in [2.05, 4.69) is 62.5 Å². The van der Waals surface area contributed by atoms with Crippen molar-refractivity contribution in [3.8, 4) is 0 Å². The average Bonchev–Trinajstić information content (AvgIpc) is 2.13. The van der Waals surface area contributed by atoms with Crippen molar-refractivity contribution in [2.75, 3.05) is 6.54 Å². The molecule has 0 fully saturated rings. The number of rotatable bonds is 3. The van der Waals surface area contributed by atoms with Crippen LogP contribution in [0.3, 0.4) is 0 Å². The van der Waals surface area contributed by atoms with Gasteiger partial charge in [0.2, 0.25) is 0 Å². The van der Waals surface area contributed by atoms with Gasteiger partial charge in [0, 0.05) is 0 Å². The summed E-state index contributed by atoms with van der Waals surface area (Å²) in [5.74, 6) is 0. The van der Waals surface area contributed by atoms with Crippen molar-refractivity contribution in [2.24, 2.45) is 0 Å². The van der Waals surface area contributed by atoms with E-state index in [4.69, 9.17) is 0 Å². The lowest BCUT2D eigenvalue weighted by molar-refractivity contribution is -0.709. The maximum absolute atomic E-state index is 2.33. The average molecular weight is 190 g/mol. The van der Waals surface area contributed by atoms with E-state index < -0.39 is 0 Å². The van der Waals surface area contributed by atoms with Crippen LogP contribution >= 0.6 is 0 Å². The second kappa shape index (κ2) is 4.97. The SMILES string of the molecule is CC(C)(C)[NH2+]C/C=C/c1ccccc1. The number of benzene rings is 1. The van der Waals surface area contributed by atoms with E-state index in [9.17, 15) is 0 Å². The molecule has 0 aliphatic rings. The predicted molar refractivity (Wildman–Crippen MR) is 62.0 cm³/mol. The highest BCUT2D eigenvalue weighted by Crippen LogP contribution is 1.99. The molecule has 0 saturated carbocycles. The lowest BCUT2D eigenvalue weighted by Crippen LogP contribution is -2.94. The first-order valence-electron chi connectivity index (χ1n) is 5.14. The van der Waals surface area contributed by atoms with Crippen LogP contribution in [0.5, 0.6) is 0 Å². The number of quaternary nitrogens is 1. The van der Waals surface area contributed by atoms with E-state index in [1.165, 1.54) is 5.56 Å². The topological polar surface area (TPSA) is 16.6 Å². The Hall–Kier alpha value is -1.08. The fourth-order valence-corrected chi connectivity index (χ4v) is 1.19. The summed E-state index contributed by atoms with van der Waals surface area (Å²) in [7, 11) is 0. The molecular weight excluding hydrogens is 170 g/mol. The van der Waals surface area contributed by atoms with E-state index in [1.54, 1.807) is 0 Å². The fraction of sp³-hybridized carbons (Fsp3) is 0.385. The molecule has 0 aliphatic heterocycles. The zero-order valence-electron chi connectivity index (χ0n) is 9.33. The minimum absolute atomic E-state index is 0.320. The highest BCUT2D eigenvalue weighted by molar-refractivity contribution is 5.48. The predicted octanol–water partition coefficient (Wildman–Crippen LogP) is 2.06. The Labute approximate surface area is 86.8 Å². The molecule has 1 aromatic rings. The summed E-state index contributed by atoms with van der Waals surface area (Å²) in [6.45, 7) is 7.72. The molecule has 0 amide bonds. The van der Waals surface area contributed by atoms with Crippen LogP contribution in [0.15, 0.2) is 36.4 Å². The number of nitrogens with two attached hydrogens (primary N) is 1. The van der Waals surface area contributed by atoms with Crippen LogP contribution in [0.25, 0.3) is 6.08 Å². The van der Waals surface area contributed by atoms with Crippen LogP contribution in [-0.2, 0) is 0 Å². The second-order valence-electron chi connectivity index (χ2n) is 4.62. The molecule has 0 saturated heterocycles. The Morgan fingerprint density at radius 1 is 1.14 bits per heavy atom. The minimum atomic E-state index is 0.320. The first-order chi connectivity index (χ1) is 6.58. The van der Waals surface area contributed by atoms with Gasteiger partial charge in [-0.1, -0.05) is 36.4 Å². The molecule has 14 heavy (non-hydrogen) atoms. The third kappa shape index (κ3) is 4.83. The summed E-state index contributed by atoms with van der Waals surface area (Å²) >= 11 is 0. The van der Waals surface area contributed by atoms with E-state index in [1.807, 2.05) is 6.07 Å². The molecule has 1 heteroatoms. The molecule has 0 unspecified atom stereocenters. The molecule has 0 heterocycles. The van der Waals surface area contributed by atoms with Gasteiger partial charge < -0.3 is 5.32 Å². The summed E-state index contributed by atoms with van der Waals surface area (Å²) < 4.78 is 0. The van der Waals surface area contributed by atoms with Gasteiger partial charge in [-0.05, 0) is 32.4 Å². The summed E-state index contributed by atoms with van der Waals surface area (Å²) in [5, 5.41) is 2.33. The lowest BCUT2D eigenvalue weighted by atomic mass is 10.1. The normalized spacial score (nSPS) is 12.2. The number of hydrogen-bond donors (Lipinski definition) is 1. The maximum atomic E-state index is 2.33. The molecule has 0 spiro atoms. The largest absolute Gasteiger partial charge is 0.339 e. The van der Waals surface area contributed by atoms with Crippen LogP contribution in [0.4, 0.5) is 0 Å². The third-order valence-corrected chi connectivity index (χ3v) is 1.98. The Morgan fingerprint density at radius 2 is 1.79 bits per heavy atom. The van der Waals surface area contributed by atoms with E-state index >= 15 is 0 Å². The van der Waals surface area contributed by atoms with Crippen LogP contribution < -0.4 is 5.32 Å². The van der Waals surface area contributed by atoms with Crippen molar-refractivity contribution in [3.05, 3.63) is 42.0 Å². The molecule has 0 aromatic heterocycles. The molecule has 2 N–H and O–H groups in total. The molecule has 0 atom stereocenters. The molecule has 1 rings (SSSR count). The van der Waals surface area contributed by atoms with E-state index in [0.717, 1.165) is 6.54 Å². The summed E-state index contributed by atoms with van der Waals surface area (Å²) in [4.78, 5) is 0. The Kier molecular flexibility index (Phi) is 3.90. The first-order valence-corrected chi connectivity index (χ1v) is 5.14. The molecule has 0 aliphatic carbocycles. The van der Waals surface area contributed by atoms with Crippen molar-refractivity contribution in [2.45, 2.75) is 26.3 Å². The highest BCUT2D eigenvalue weighted by Gasteiger charge is 2.10. The van der Waals surface area contributed by atoms with Crippen molar-refractivity contribution < 1.29 is 5.32 Å². The zero-order valence-corrected chi connectivity index (χ0v) is 9.33. The minimum Gasteiger partial charge on any atom is -0.339 e. The lowest BCUT2D eigenvalue weighted by Gasteiger charge is -2.14. The van der Waals surface area contributed by atoms with Crippen molar-refractivity contribution >= 4 is 6.08 Å². The summed E-state index contributed by atoms with van der Waals surface area (Å²) in [6, 6.07) is 10.4. The quantitative estimate of drug-likeness (QED) is 0.751. The van der Waals surface area contributed by atoms with Gasteiger partial charge in [-0.15, -0.1) is 0 Å². The van der Waals surface area contributed by atoms with Gasteiger partial charge in [0.15, 0.2) is 0 Å². The van der Waals surface area contributed by atoms with Gasteiger partial charge in [0.25, 0.3) is 0 Å². The Bertz CT molecular complexity index is 280. The highest BCUT2D eigenvalue weighted by atomic mass is 14.9. The van der Waals surface area contributed by atoms with Gasteiger partial charge in [-0.2, -0.15) is 0 Å². The second-order valence-corrected chi connectivity index (χ2v) is 4.62. The van der Waals surface area contributed by atoms with Gasteiger partial charge >= 0.3 is 0 Å². The van der Waals surface area contributed by atoms with E-state index in [0.29, 0.717) is 5.54 Å². The van der Waals surface area contributed by atoms with Crippen LogP contribution in [-0.4, -0.2) is 12.1 Å². The first kappa shape index (κ1) is 11.0. The van der Waals surface area contributed by atoms with Gasteiger partial charge in [0.05, 0.1) is 12.1 Å². The monoisotopic (exact) mass is 190 g/mol. The van der Waals surface area contributed by atoms with Gasteiger partial charge in [0.1, 0.15) is 0 Å². The van der Waals surface area contributed by atoms with Crippen molar-refractivity contribution in [1.29, 1.82) is 0 Å². The smallest absolute Gasteiger partial charge is 0.0949 e. The van der Waals surface area contributed by atoms with Gasteiger partial charge in [-0.25, -0.2) is 0 Å². The Morgan fingerprint density at radius 3 is 2.36 bits per heavy atom. The van der Waals surface area contributed by atoms with Crippen molar-refractivity contribution in [3.63, 3.8) is 0 Å². The molecule has 76 valence electrons. The van der Waals surface area contributed by atoms with Crippen LogP contribution in [0.2, 0.25) is 0 Å². The molecular formula is C13H20N+. The summed E-state index contributed by atoms with van der Waals surface area (Å²) in [6.07, 6.45) is 4.38. The van der Waals surface area contributed by atoms with Crippen molar-refractivity contribution in [1.82, 2.24) is 0 Å². The van der Waals surface area contributed by atoms with Gasteiger partial charge in [-0.3, -0.25) is 0 Å². The molecule has 0 bridgehead atoms. The zero-order chi connectivity index (χ0) is 10.4. The maximum Gasteiger partial charge on any atom is 0.0949 e. The third-order valence-electron chi connectivity index (χ3n) is 1.98. The summed E-state index contributed by atoms with van der Waals surface area (Å²) in [5.41, 5.74) is 1.59. The molecule has 1 aromatic carbocycles. The fourth-order valence-electron chi connectivity index (χ4n) is 1.19. The van der Waals surface area contributed by atoms with Crippen LogP contribution in [0, 0.1) is 0 Å². The van der Waals surface area contributed by atoms with Crippen LogP contribution in [0.1, 0.15) is 26.3 Å². The van der Waals surface area contributed by atoms with E-state index in [-0.39, 0.29) is 0 Å². The number of hydrogen-bond acceptors (Lipinski definition) is 0. The molecule has 1 nitrogen and oxygen atoms in total. The molecule has 0 radical (unpaired) electrons. The standard InChI is InChI=1S/C13H19N/c1-13(2,3)14-11-7-10-12-8-5-4-6-9-12/h4-10,14H,11H2,1-3H3/p+1/b10-7+.